The van der Waals surface area contributed by atoms with E-state index in [9.17, 15) is 24.3 Å². The molecule has 0 saturated carbocycles. The third kappa shape index (κ3) is 7.22. The number of nitrogens with one attached hydrogen (secondary N) is 3. The van der Waals surface area contributed by atoms with Crippen LogP contribution in [0.2, 0.25) is 0 Å². The minimum absolute atomic E-state index is 0.0615. The van der Waals surface area contributed by atoms with Gasteiger partial charge in [-0.15, -0.1) is 0 Å². The van der Waals surface area contributed by atoms with Crippen LogP contribution in [0.4, 0.5) is 33.1 Å². The number of rotatable bonds is 8. The van der Waals surface area contributed by atoms with Crippen LogP contribution in [0.15, 0.2) is 66.7 Å². The van der Waals surface area contributed by atoms with Crippen molar-refractivity contribution >= 4 is 52.3 Å². The van der Waals surface area contributed by atoms with E-state index in [2.05, 4.69) is 55.0 Å². The minimum atomic E-state index is -1.11. The number of pyridine rings is 1. The summed E-state index contributed by atoms with van der Waals surface area (Å²) in [6.45, 7) is 11.6. The standard InChI is InChI=1S/C46H49FN10O5/c1-25-6-5-7-36(49-25)51-43(60)30-10-11-31(39(47)26(30)2)40-38(41(48)59)42-50-33-12-9-29(23-28(33)16-17-56(42)53-40)55-20-18-54(19-21-55)24-27-8-13-34-32(22-27)46(3,4)45(62)57(34)35-14-15-37(58)52-44(35)61/h5-13,22-23,35,44,50,61H,14-21,24H2,1-4H3,(H2,48,59)(H,52,58)(H,49,51,60). The molecule has 2 fully saturated rings. The number of amides is 4. The van der Waals surface area contributed by atoms with E-state index in [1.54, 1.807) is 21.7 Å². The molecule has 4 amide bonds. The maximum Gasteiger partial charge on any atom is 0.257 e. The van der Waals surface area contributed by atoms with Crippen molar-refractivity contribution in [2.24, 2.45) is 5.73 Å². The SMILES string of the molecule is Cc1cccc(NC(=O)c2ccc(-c3nn4c(c3C(N)=O)Nc3ccc(N5CCN(Cc6ccc7c(c6)C(C)(C)C(=O)N7C6CCC(=O)NC6O)CC5)cc3CC4)c(F)c2C)n1. The number of nitrogens with zero attached hydrogens (tertiary/aromatic N) is 6. The quantitative estimate of drug-likeness (QED) is 0.144. The topological polar surface area (TPSA) is 191 Å². The fourth-order valence-electron chi connectivity index (χ4n) is 9.25. The van der Waals surface area contributed by atoms with Crippen LogP contribution in [0, 0.1) is 19.7 Å². The van der Waals surface area contributed by atoms with Crippen LogP contribution in [0.1, 0.15) is 75.4 Å². The Morgan fingerprint density at radius 2 is 1.77 bits per heavy atom. The average molecular weight is 841 g/mol. The summed E-state index contributed by atoms with van der Waals surface area (Å²) >= 11 is 0. The minimum Gasteiger partial charge on any atom is -0.372 e. The molecule has 4 aliphatic heterocycles. The second kappa shape index (κ2) is 15.7. The summed E-state index contributed by atoms with van der Waals surface area (Å²) in [6.07, 6.45) is 0.149. The number of aliphatic hydroxyl groups excluding tert-OH is 1. The lowest BCUT2D eigenvalue weighted by Crippen LogP contribution is -2.57. The molecule has 4 aliphatic rings. The van der Waals surface area contributed by atoms with E-state index < -0.39 is 35.3 Å². The number of carbonyl (C=O) groups is 4. The zero-order valence-electron chi connectivity index (χ0n) is 35.1. The molecule has 0 radical (unpaired) electrons. The first-order chi connectivity index (χ1) is 29.7. The molecule has 6 N–H and O–H groups in total. The molecule has 320 valence electrons. The highest BCUT2D eigenvalue weighted by Gasteiger charge is 2.49. The van der Waals surface area contributed by atoms with E-state index in [1.165, 1.54) is 19.1 Å². The summed E-state index contributed by atoms with van der Waals surface area (Å²) in [4.78, 5) is 62.4. The van der Waals surface area contributed by atoms with Gasteiger partial charge in [0, 0.05) is 79.6 Å². The van der Waals surface area contributed by atoms with Crippen LogP contribution in [0.25, 0.3) is 11.3 Å². The largest absolute Gasteiger partial charge is 0.372 e. The predicted octanol–water partition coefficient (Wildman–Crippen LogP) is 4.90. The summed E-state index contributed by atoms with van der Waals surface area (Å²) < 4.78 is 17.8. The number of primary amides is 1. The number of benzene rings is 3. The number of nitrogens with two attached hydrogens (primary N) is 1. The maximum atomic E-state index is 16.1. The maximum absolute atomic E-state index is 16.1. The van der Waals surface area contributed by atoms with Gasteiger partial charge in [-0.3, -0.25) is 24.1 Å². The van der Waals surface area contributed by atoms with E-state index in [0.717, 1.165) is 72.2 Å². The van der Waals surface area contributed by atoms with Gasteiger partial charge in [-0.05, 0) is 111 Å². The van der Waals surface area contributed by atoms with Gasteiger partial charge in [0.05, 0.1) is 11.5 Å². The number of hydrogen-bond acceptors (Lipinski definition) is 10. The van der Waals surface area contributed by atoms with E-state index >= 15 is 4.39 Å². The van der Waals surface area contributed by atoms with Gasteiger partial charge in [0.25, 0.3) is 11.8 Å². The Bertz CT molecular complexity index is 2670. The van der Waals surface area contributed by atoms with Gasteiger partial charge in [0.1, 0.15) is 34.9 Å². The molecule has 2 saturated heterocycles. The van der Waals surface area contributed by atoms with Crippen molar-refractivity contribution in [3.05, 3.63) is 112 Å². The van der Waals surface area contributed by atoms with Gasteiger partial charge in [0.2, 0.25) is 11.8 Å². The molecule has 5 aromatic rings. The van der Waals surface area contributed by atoms with Crippen molar-refractivity contribution in [2.75, 3.05) is 46.6 Å². The van der Waals surface area contributed by atoms with E-state index in [4.69, 9.17) is 10.8 Å². The highest BCUT2D eigenvalue weighted by Crippen LogP contribution is 2.45. The molecule has 6 heterocycles. The molecule has 9 rings (SSSR count). The fourth-order valence-corrected chi connectivity index (χ4v) is 9.25. The van der Waals surface area contributed by atoms with E-state index in [1.807, 2.05) is 39.0 Å². The summed E-state index contributed by atoms with van der Waals surface area (Å²) in [5, 5.41) is 24.0. The van der Waals surface area contributed by atoms with Crippen molar-refractivity contribution in [3.63, 3.8) is 0 Å². The van der Waals surface area contributed by atoms with Gasteiger partial charge in [0.15, 0.2) is 0 Å². The number of aromatic nitrogens is 3. The van der Waals surface area contributed by atoms with Crippen molar-refractivity contribution in [3.8, 4) is 11.3 Å². The first kappa shape index (κ1) is 40.7. The lowest BCUT2D eigenvalue weighted by Gasteiger charge is -2.36. The molecule has 0 aliphatic carbocycles. The molecule has 3 aromatic carbocycles. The van der Waals surface area contributed by atoms with Gasteiger partial charge in [-0.25, -0.2) is 14.1 Å². The number of aliphatic hydroxyl groups is 1. The third-order valence-corrected chi connectivity index (χ3v) is 12.7. The first-order valence-corrected chi connectivity index (χ1v) is 20.9. The number of aryl methyl sites for hydroxylation is 3. The first-order valence-electron chi connectivity index (χ1n) is 20.9. The van der Waals surface area contributed by atoms with Crippen molar-refractivity contribution in [2.45, 2.75) is 77.7 Å². The molecule has 62 heavy (non-hydrogen) atoms. The lowest BCUT2D eigenvalue weighted by atomic mass is 9.85. The van der Waals surface area contributed by atoms with E-state index in [-0.39, 0.29) is 46.2 Å². The number of fused-ring (bicyclic) bond motifs is 3. The van der Waals surface area contributed by atoms with Crippen molar-refractivity contribution < 1.29 is 28.7 Å². The van der Waals surface area contributed by atoms with Gasteiger partial charge in [-0.2, -0.15) is 5.10 Å². The van der Waals surface area contributed by atoms with Gasteiger partial charge < -0.3 is 36.6 Å². The molecular formula is C46H49FN10O5. The van der Waals surface area contributed by atoms with Crippen LogP contribution < -0.4 is 31.5 Å². The molecule has 2 unspecified atom stereocenters. The number of halogens is 1. The zero-order valence-corrected chi connectivity index (χ0v) is 35.1. The van der Waals surface area contributed by atoms with Crippen molar-refractivity contribution in [1.29, 1.82) is 0 Å². The highest BCUT2D eigenvalue weighted by molar-refractivity contribution is 6.09. The fraction of sp³-hybridized carbons (Fsp3) is 0.348. The number of piperidine rings is 1. The lowest BCUT2D eigenvalue weighted by molar-refractivity contribution is -0.130. The predicted molar refractivity (Wildman–Crippen MR) is 233 cm³/mol. The van der Waals surface area contributed by atoms with Crippen LogP contribution >= 0.6 is 0 Å². The number of piperazine rings is 1. The van der Waals surface area contributed by atoms with Crippen LogP contribution in [0.3, 0.4) is 0 Å². The second-order valence-electron chi connectivity index (χ2n) is 17.1. The monoisotopic (exact) mass is 840 g/mol. The smallest absolute Gasteiger partial charge is 0.257 e. The highest BCUT2D eigenvalue weighted by atomic mass is 19.1. The number of anilines is 5. The summed E-state index contributed by atoms with van der Waals surface area (Å²) in [5.41, 5.74) is 12.1. The van der Waals surface area contributed by atoms with Crippen LogP contribution in [0.5, 0.6) is 0 Å². The normalized spacial score (nSPS) is 19.5. The number of hydrogen-bond donors (Lipinski definition) is 5. The Balaban J connectivity index is 0.873. The Labute approximate surface area is 358 Å². The molecule has 2 aromatic heterocycles. The number of carbonyl (C=O) groups excluding carboxylic acids is 4. The second-order valence-corrected chi connectivity index (χ2v) is 17.1. The van der Waals surface area contributed by atoms with Gasteiger partial charge in [-0.1, -0.05) is 18.2 Å². The molecular weight excluding hydrogens is 792 g/mol. The third-order valence-electron chi connectivity index (χ3n) is 12.7. The zero-order chi connectivity index (χ0) is 43.6. The molecule has 16 heteroatoms. The summed E-state index contributed by atoms with van der Waals surface area (Å²) in [6, 6.07) is 20.0. The molecule has 0 spiro atoms. The Morgan fingerprint density at radius 1 is 0.984 bits per heavy atom. The molecule has 0 bridgehead atoms. The Hall–Kier alpha value is -6.65. The Kier molecular flexibility index (Phi) is 10.3. The summed E-state index contributed by atoms with van der Waals surface area (Å²) in [7, 11) is 0. The average Bonchev–Trinajstić information content (AvgIpc) is 3.61. The van der Waals surface area contributed by atoms with Crippen LogP contribution in [-0.4, -0.2) is 86.8 Å². The molecule has 15 nitrogen and oxygen atoms in total. The van der Waals surface area contributed by atoms with E-state index in [0.29, 0.717) is 31.0 Å². The van der Waals surface area contributed by atoms with Crippen molar-refractivity contribution in [1.82, 2.24) is 25.0 Å². The molecule has 2 atom stereocenters. The summed E-state index contributed by atoms with van der Waals surface area (Å²) in [5.74, 6) is -1.50. The Morgan fingerprint density at radius 3 is 2.52 bits per heavy atom. The van der Waals surface area contributed by atoms with Gasteiger partial charge >= 0.3 is 0 Å². The van der Waals surface area contributed by atoms with Crippen LogP contribution in [-0.2, 0) is 34.5 Å².